The first-order chi connectivity index (χ1) is 7.41. The van der Waals surface area contributed by atoms with Crippen LogP contribution in [0.1, 0.15) is 23.4 Å². The van der Waals surface area contributed by atoms with Gasteiger partial charge >= 0.3 is 0 Å². The van der Waals surface area contributed by atoms with E-state index in [9.17, 15) is 9.59 Å². The van der Waals surface area contributed by atoms with E-state index in [1.54, 1.807) is 27.9 Å². The Labute approximate surface area is 93.2 Å². The molecule has 2 N–H and O–H groups in total. The maximum absolute atomic E-state index is 11.6. The SMILES string of the molecule is Cc1nc(C(=O)NC(C)C(=O)N(C)C)n[nH]1. The normalized spacial score (nSPS) is 12.0. The van der Waals surface area contributed by atoms with Crippen molar-refractivity contribution in [3.63, 3.8) is 0 Å². The van der Waals surface area contributed by atoms with Crippen molar-refractivity contribution in [3.8, 4) is 0 Å². The minimum Gasteiger partial charge on any atom is -0.347 e. The van der Waals surface area contributed by atoms with E-state index in [0.717, 1.165) is 0 Å². The molecule has 0 aliphatic heterocycles. The zero-order chi connectivity index (χ0) is 12.3. The second kappa shape index (κ2) is 4.73. The highest BCUT2D eigenvalue weighted by molar-refractivity contribution is 5.94. The Bertz CT molecular complexity index is 398. The van der Waals surface area contributed by atoms with E-state index in [1.807, 2.05) is 0 Å². The number of H-pyrrole nitrogens is 1. The molecule has 0 aliphatic rings. The molecule has 0 saturated heterocycles. The molecule has 0 spiro atoms. The number of carbonyl (C=O) groups is 2. The molecule has 1 aromatic heterocycles. The van der Waals surface area contributed by atoms with Crippen molar-refractivity contribution >= 4 is 11.8 Å². The first kappa shape index (κ1) is 12.2. The van der Waals surface area contributed by atoms with Gasteiger partial charge in [0.05, 0.1) is 0 Å². The Balaban J connectivity index is 2.61. The maximum Gasteiger partial charge on any atom is 0.291 e. The number of likely N-dealkylation sites (N-methyl/N-ethyl adjacent to an activating group) is 1. The van der Waals surface area contributed by atoms with Crippen molar-refractivity contribution in [1.29, 1.82) is 0 Å². The lowest BCUT2D eigenvalue weighted by atomic mass is 10.3. The van der Waals surface area contributed by atoms with Gasteiger partial charge in [-0.3, -0.25) is 14.7 Å². The third kappa shape index (κ3) is 2.78. The number of hydrogen-bond acceptors (Lipinski definition) is 4. The van der Waals surface area contributed by atoms with Gasteiger partial charge in [0.15, 0.2) is 0 Å². The summed E-state index contributed by atoms with van der Waals surface area (Å²) < 4.78 is 0. The minimum absolute atomic E-state index is 0.0379. The summed E-state index contributed by atoms with van der Waals surface area (Å²) in [5, 5.41) is 8.77. The molecule has 0 radical (unpaired) electrons. The molecule has 0 fully saturated rings. The highest BCUT2D eigenvalue weighted by atomic mass is 16.2. The molecule has 1 aromatic rings. The predicted molar refractivity (Wildman–Crippen MR) is 56.7 cm³/mol. The number of aromatic nitrogens is 3. The number of nitrogens with zero attached hydrogens (tertiary/aromatic N) is 3. The van der Waals surface area contributed by atoms with Crippen LogP contribution in [-0.4, -0.2) is 52.0 Å². The number of aryl methyl sites for hydroxylation is 1. The molecule has 1 unspecified atom stereocenters. The lowest BCUT2D eigenvalue weighted by molar-refractivity contribution is -0.130. The van der Waals surface area contributed by atoms with Gasteiger partial charge in [-0.25, -0.2) is 4.98 Å². The zero-order valence-electron chi connectivity index (χ0n) is 9.74. The molecule has 1 atom stereocenters. The Kier molecular flexibility index (Phi) is 3.60. The molecule has 0 aromatic carbocycles. The van der Waals surface area contributed by atoms with Crippen LogP contribution in [0.3, 0.4) is 0 Å². The summed E-state index contributed by atoms with van der Waals surface area (Å²) in [4.78, 5) is 28.3. The molecule has 7 nitrogen and oxygen atoms in total. The van der Waals surface area contributed by atoms with Crippen LogP contribution in [0, 0.1) is 6.92 Å². The van der Waals surface area contributed by atoms with E-state index in [-0.39, 0.29) is 11.7 Å². The Hall–Kier alpha value is -1.92. The number of amides is 2. The molecular weight excluding hydrogens is 210 g/mol. The number of nitrogens with one attached hydrogen (secondary N) is 2. The largest absolute Gasteiger partial charge is 0.347 e. The molecule has 1 rings (SSSR count). The first-order valence-electron chi connectivity index (χ1n) is 4.83. The van der Waals surface area contributed by atoms with Crippen LogP contribution >= 0.6 is 0 Å². The van der Waals surface area contributed by atoms with Crippen LogP contribution in [0.5, 0.6) is 0 Å². The van der Waals surface area contributed by atoms with Crippen molar-refractivity contribution in [2.75, 3.05) is 14.1 Å². The van der Waals surface area contributed by atoms with Gasteiger partial charge in [-0.2, -0.15) is 0 Å². The van der Waals surface area contributed by atoms with Crippen LogP contribution in [0.4, 0.5) is 0 Å². The van der Waals surface area contributed by atoms with Crippen molar-refractivity contribution in [2.45, 2.75) is 19.9 Å². The number of aromatic amines is 1. The Morgan fingerprint density at radius 1 is 1.44 bits per heavy atom. The summed E-state index contributed by atoms with van der Waals surface area (Å²) in [7, 11) is 3.25. The van der Waals surface area contributed by atoms with Crippen LogP contribution in [0.25, 0.3) is 0 Å². The van der Waals surface area contributed by atoms with E-state index in [2.05, 4.69) is 20.5 Å². The topological polar surface area (TPSA) is 91.0 Å². The van der Waals surface area contributed by atoms with Crippen molar-refractivity contribution in [2.24, 2.45) is 0 Å². The molecule has 0 bridgehead atoms. The molecule has 0 aliphatic carbocycles. The second-order valence-corrected chi connectivity index (χ2v) is 3.67. The summed E-state index contributed by atoms with van der Waals surface area (Å²) in [6, 6.07) is -0.596. The average Bonchev–Trinajstić information content (AvgIpc) is 2.63. The molecular formula is C9H15N5O2. The Morgan fingerprint density at radius 2 is 2.06 bits per heavy atom. The monoisotopic (exact) mass is 225 g/mol. The van der Waals surface area contributed by atoms with Gasteiger partial charge in [-0.05, 0) is 13.8 Å². The molecule has 16 heavy (non-hydrogen) atoms. The first-order valence-corrected chi connectivity index (χ1v) is 4.83. The van der Waals surface area contributed by atoms with Gasteiger partial charge in [0.2, 0.25) is 11.7 Å². The van der Waals surface area contributed by atoms with Crippen molar-refractivity contribution < 1.29 is 9.59 Å². The molecule has 7 heteroatoms. The number of rotatable bonds is 3. The van der Waals surface area contributed by atoms with Crippen LogP contribution in [0.2, 0.25) is 0 Å². The summed E-state index contributed by atoms with van der Waals surface area (Å²) >= 11 is 0. The minimum atomic E-state index is -0.596. The van der Waals surface area contributed by atoms with E-state index in [1.165, 1.54) is 4.90 Å². The highest BCUT2D eigenvalue weighted by Crippen LogP contribution is 1.94. The van der Waals surface area contributed by atoms with Crippen LogP contribution in [0.15, 0.2) is 0 Å². The second-order valence-electron chi connectivity index (χ2n) is 3.67. The highest BCUT2D eigenvalue weighted by Gasteiger charge is 2.19. The van der Waals surface area contributed by atoms with Crippen molar-refractivity contribution in [1.82, 2.24) is 25.4 Å². The summed E-state index contributed by atoms with van der Waals surface area (Å²) in [5.41, 5.74) is 0. The number of carbonyl (C=O) groups excluding carboxylic acids is 2. The quantitative estimate of drug-likeness (QED) is 0.713. The summed E-state index contributed by atoms with van der Waals surface area (Å²) in [6.07, 6.45) is 0. The van der Waals surface area contributed by atoms with Crippen LogP contribution in [-0.2, 0) is 4.79 Å². The fourth-order valence-electron chi connectivity index (χ4n) is 1.15. The van der Waals surface area contributed by atoms with Gasteiger partial charge in [0, 0.05) is 14.1 Å². The molecule has 0 saturated carbocycles. The van der Waals surface area contributed by atoms with Crippen LogP contribution < -0.4 is 5.32 Å². The van der Waals surface area contributed by atoms with E-state index < -0.39 is 11.9 Å². The smallest absolute Gasteiger partial charge is 0.291 e. The predicted octanol–water partition coefficient (Wildman–Crippen LogP) is -0.680. The fraction of sp³-hybridized carbons (Fsp3) is 0.556. The van der Waals surface area contributed by atoms with E-state index in [0.29, 0.717) is 5.82 Å². The molecule has 88 valence electrons. The van der Waals surface area contributed by atoms with Gasteiger partial charge in [0.25, 0.3) is 5.91 Å². The lowest BCUT2D eigenvalue weighted by Crippen LogP contribution is -2.44. The van der Waals surface area contributed by atoms with Crippen molar-refractivity contribution in [3.05, 3.63) is 11.6 Å². The van der Waals surface area contributed by atoms with E-state index in [4.69, 9.17) is 0 Å². The maximum atomic E-state index is 11.6. The average molecular weight is 225 g/mol. The third-order valence-electron chi connectivity index (χ3n) is 1.96. The van der Waals surface area contributed by atoms with Gasteiger partial charge in [-0.15, -0.1) is 5.10 Å². The van der Waals surface area contributed by atoms with Gasteiger partial charge in [-0.1, -0.05) is 0 Å². The zero-order valence-corrected chi connectivity index (χ0v) is 9.74. The van der Waals surface area contributed by atoms with E-state index >= 15 is 0 Å². The standard InChI is InChI=1S/C9H15N5O2/c1-5(9(16)14(3)4)10-8(15)7-11-6(2)12-13-7/h5H,1-4H3,(H,10,15)(H,11,12,13). The third-order valence-corrected chi connectivity index (χ3v) is 1.96. The summed E-state index contributed by atoms with van der Waals surface area (Å²) in [6.45, 7) is 3.30. The van der Waals surface area contributed by atoms with Gasteiger partial charge in [0.1, 0.15) is 11.9 Å². The fourth-order valence-corrected chi connectivity index (χ4v) is 1.15. The Morgan fingerprint density at radius 3 is 2.50 bits per heavy atom. The molecule has 1 heterocycles. The number of hydrogen-bond donors (Lipinski definition) is 2. The summed E-state index contributed by atoms with van der Waals surface area (Å²) in [5.74, 6) is -0.0553. The lowest BCUT2D eigenvalue weighted by Gasteiger charge is -2.16. The van der Waals surface area contributed by atoms with Gasteiger partial charge < -0.3 is 10.2 Å². The molecule has 2 amide bonds.